The first kappa shape index (κ1) is 18.4. The summed E-state index contributed by atoms with van der Waals surface area (Å²) in [5, 5.41) is 18.7. The molecule has 0 amide bonds. The Morgan fingerprint density at radius 1 is 1.12 bits per heavy atom. The van der Waals surface area contributed by atoms with E-state index in [2.05, 4.69) is 16.8 Å². The lowest BCUT2D eigenvalue weighted by molar-refractivity contribution is -0.160. The minimum Gasteiger partial charge on any atom is -0.478 e. The predicted octanol–water partition coefficient (Wildman–Crippen LogP) is 1.72. The van der Waals surface area contributed by atoms with E-state index in [1.165, 1.54) is 16.3 Å². The second-order valence-electron chi connectivity index (χ2n) is 6.16. The van der Waals surface area contributed by atoms with Gasteiger partial charge in [-0.15, -0.1) is 0 Å². The summed E-state index contributed by atoms with van der Waals surface area (Å²) in [4.78, 5) is 24.3. The third kappa shape index (κ3) is 3.19. The second kappa shape index (κ2) is 6.54. The van der Waals surface area contributed by atoms with Crippen molar-refractivity contribution in [3.8, 4) is 0 Å². The molecule has 0 fully saturated rings. The number of carbonyl (C=O) groups is 2. The van der Waals surface area contributed by atoms with Crippen molar-refractivity contribution in [2.75, 3.05) is 6.61 Å². The van der Waals surface area contributed by atoms with E-state index in [-0.39, 0.29) is 5.57 Å². The van der Waals surface area contributed by atoms with Crippen LogP contribution in [0.5, 0.6) is 0 Å². The van der Waals surface area contributed by atoms with Crippen LogP contribution >= 0.6 is 0 Å². The zero-order valence-electron chi connectivity index (χ0n) is 15.0. The molecule has 2 heterocycles. The van der Waals surface area contributed by atoms with Crippen LogP contribution in [0.25, 0.3) is 0 Å². The van der Waals surface area contributed by atoms with Gasteiger partial charge < -0.3 is 9.84 Å². The molecule has 0 aromatic carbocycles. The molecule has 2 aromatic rings. The summed E-state index contributed by atoms with van der Waals surface area (Å²) in [7, 11) is 0. The molecule has 0 spiro atoms. The van der Waals surface area contributed by atoms with E-state index in [1.54, 1.807) is 39.8 Å². The Balaban J connectivity index is 2.69. The number of hydrogen-bond acceptors (Lipinski definition) is 5. The molecule has 1 N–H and O–H groups in total. The van der Waals surface area contributed by atoms with Crippen molar-refractivity contribution >= 4 is 11.9 Å². The summed E-state index contributed by atoms with van der Waals surface area (Å²) < 4.78 is 7.88. The molecule has 134 valence electrons. The number of carbonyl (C=O) groups excluding carboxylic acids is 1. The van der Waals surface area contributed by atoms with Gasteiger partial charge >= 0.3 is 11.9 Å². The van der Waals surface area contributed by atoms with Gasteiger partial charge in [0.2, 0.25) is 0 Å². The molecule has 0 aliphatic rings. The number of nitrogens with zero attached hydrogens (tertiary/aromatic N) is 4. The summed E-state index contributed by atoms with van der Waals surface area (Å²) in [5.74, 6) is -1.91. The van der Waals surface area contributed by atoms with Gasteiger partial charge in [-0.3, -0.25) is 0 Å². The van der Waals surface area contributed by atoms with Crippen molar-refractivity contribution in [2.24, 2.45) is 0 Å². The van der Waals surface area contributed by atoms with E-state index in [0.717, 1.165) is 0 Å². The van der Waals surface area contributed by atoms with Crippen LogP contribution in [0.1, 0.15) is 29.7 Å². The van der Waals surface area contributed by atoms with Crippen molar-refractivity contribution in [1.29, 1.82) is 0 Å². The summed E-state index contributed by atoms with van der Waals surface area (Å²) in [5.41, 5.74) is 0.868. The SMILES string of the molecule is C=C(C)C(=O)OCC(C(=O)O)(n1nc(C)cc1C)n1nc(C)cc1C. The molecule has 2 rings (SSSR count). The zero-order chi connectivity index (χ0) is 18.9. The Morgan fingerprint density at radius 2 is 1.56 bits per heavy atom. The number of carboxylic acid groups (broad SMARTS) is 1. The molecule has 0 radical (unpaired) electrons. The van der Waals surface area contributed by atoms with Crippen molar-refractivity contribution in [3.05, 3.63) is 47.1 Å². The number of aromatic nitrogens is 4. The maximum atomic E-state index is 12.4. The van der Waals surface area contributed by atoms with Gasteiger partial charge in [0.25, 0.3) is 5.66 Å². The third-order valence-electron chi connectivity index (χ3n) is 3.82. The Kier molecular flexibility index (Phi) is 4.82. The van der Waals surface area contributed by atoms with Gasteiger partial charge in [0, 0.05) is 17.0 Å². The summed E-state index contributed by atoms with van der Waals surface area (Å²) in [6, 6.07) is 3.51. The van der Waals surface area contributed by atoms with Crippen molar-refractivity contribution < 1.29 is 19.4 Å². The first-order chi connectivity index (χ1) is 11.6. The first-order valence-corrected chi connectivity index (χ1v) is 7.73. The van der Waals surface area contributed by atoms with Gasteiger partial charge in [-0.2, -0.15) is 10.2 Å². The molecule has 0 atom stereocenters. The summed E-state index contributed by atoms with van der Waals surface area (Å²) in [6.07, 6.45) is 0. The Morgan fingerprint density at radius 3 is 1.84 bits per heavy atom. The number of aryl methyl sites for hydroxylation is 4. The molecule has 0 aliphatic carbocycles. The number of ether oxygens (including phenoxy) is 1. The van der Waals surface area contributed by atoms with Crippen LogP contribution in [0.15, 0.2) is 24.3 Å². The minimum atomic E-state index is -1.83. The molecular weight excluding hydrogens is 324 g/mol. The highest BCUT2D eigenvalue weighted by atomic mass is 16.5. The van der Waals surface area contributed by atoms with Crippen LogP contribution < -0.4 is 0 Å². The molecule has 25 heavy (non-hydrogen) atoms. The normalized spacial score (nSPS) is 11.4. The lowest BCUT2D eigenvalue weighted by Gasteiger charge is -2.32. The Bertz CT molecular complexity index is 801. The summed E-state index contributed by atoms with van der Waals surface area (Å²) >= 11 is 0. The highest BCUT2D eigenvalue weighted by molar-refractivity contribution is 5.87. The zero-order valence-corrected chi connectivity index (χ0v) is 15.0. The number of aliphatic carboxylic acids is 1. The highest BCUT2D eigenvalue weighted by Crippen LogP contribution is 2.25. The Hall–Kier alpha value is -2.90. The van der Waals surface area contributed by atoms with Gasteiger partial charge in [-0.25, -0.2) is 19.0 Å². The van der Waals surface area contributed by atoms with Gasteiger partial charge in [-0.05, 0) is 46.8 Å². The van der Waals surface area contributed by atoms with Crippen molar-refractivity contribution in [2.45, 2.75) is 40.3 Å². The molecule has 8 nitrogen and oxygen atoms in total. The van der Waals surface area contributed by atoms with E-state index >= 15 is 0 Å². The smallest absolute Gasteiger partial charge is 0.358 e. The molecule has 0 aliphatic heterocycles. The molecular formula is C17H22N4O4. The average molecular weight is 346 g/mol. The van der Waals surface area contributed by atoms with E-state index < -0.39 is 24.2 Å². The molecule has 0 saturated carbocycles. The van der Waals surface area contributed by atoms with Crippen LogP contribution in [-0.4, -0.2) is 43.2 Å². The van der Waals surface area contributed by atoms with Crippen LogP contribution in [0.4, 0.5) is 0 Å². The highest BCUT2D eigenvalue weighted by Gasteiger charge is 2.48. The number of rotatable bonds is 6. The molecule has 0 saturated heterocycles. The van der Waals surface area contributed by atoms with E-state index in [4.69, 9.17) is 4.74 Å². The monoisotopic (exact) mass is 346 g/mol. The third-order valence-corrected chi connectivity index (χ3v) is 3.82. The van der Waals surface area contributed by atoms with Crippen LogP contribution in [0.2, 0.25) is 0 Å². The van der Waals surface area contributed by atoms with Crippen molar-refractivity contribution in [3.63, 3.8) is 0 Å². The molecule has 8 heteroatoms. The number of carboxylic acids is 1. The maximum absolute atomic E-state index is 12.4. The fourth-order valence-corrected chi connectivity index (χ4v) is 2.75. The fourth-order valence-electron chi connectivity index (χ4n) is 2.75. The number of esters is 1. The molecule has 2 aromatic heterocycles. The fraction of sp³-hybridized carbons (Fsp3) is 0.412. The quantitative estimate of drug-likeness (QED) is 0.631. The van der Waals surface area contributed by atoms with Gasteiger partial charge in [-0.1, -0.05) is 6.58 Å². The lowest BCUT2D eigenvalue weighted by Crippen LogP contribution is -2.54. The van der Waals surface area contributed by atoms with Crippen LogP contribution in [0.3, 0.4) is 0 Å². The minimum absolute atomic E-state index is 0.182. The Labute approximate surface area is 145 Å². The lowest BCUT2D eigenvalue weighted by atomic mass is 10.1. The summed E-state index contributed by atoms with van der Waals surface area (Å²) in [6.45, 7) is 11.5. The van der Waals surface area contributed by atoms with E-state index in [0.29, 0.717) is 22.8 Å². The average Bonchev–Trinajstić information content (AvgIpc) is 3.01. The van der Waals surface area contributed by atoms with Crippen LogP contribution in [-0.2, 0) is 20.0 Å². The van der Waals surface area contributed by atoms with Gasteiger partial charge in [0.05, 0.1) is 11.4 Å². The van der Waals surface area contributed by atoms with E-state index in [9.17, 15) is 14.7 Å². The van der Waals surface area contributed by atoms with Gasteiger partial charge in [0.1, 0.15) is 6.61 Å². The maximum Gasteiger partial charge on any atom is 0.358 e. The second-order valence-corrected chi connectivity index (χ2v) is 6.16. The standard InChI is InChI=1S/C17H22N4O4/c1-10(2)15(22)25-9-17(16(23)24,20-13(5)7-11(3)18-20)21-14(6)8-12(4)19-21/h7-8H,1,9H2,2-6H3,(H,23,24). The largest absolute Gasteiger partial charge is 0.478 e. The van der Waals surface area contributed by atoms with Gasteiger partial charge in [0.15, 0.2) is 0 Å². The molecule has 0 bridgehead atoms. The number of hydrogen-bond donors (Lipinski definition) is 1. The first-order valence-electron chi connectivity index (χ1n) is 7.73. The topological polar surface area (TPSA) is 99.2 Å². The van der Waals surface area contributed by atoms with Crippen molar-refractivity contribution in [1.82, 2.24) is 19.6 Å². The predicted molar refractivity (Wildman–Crippen MR) is 90.2 cm³/mol. The molecule has 0 unspecified atom stereocenters. The van der Waals surface area contributed by atoms with Crippen LogP contribution in [0, 0.1) is 27.7 Å². The van der Waals surface area contributed by atoms with E-state index in [1.807, 2.05) is 0 Å².